The predicted octanol–water partition coefficient (Wildman–Crippen LogP) is 3.06. The summed E-state index contributed by atoms with van der Waals surface area (Å²) in [6.07, 6.45) is 0. The molecule has 2 aromatic rings. The topological polar surface area (TPSA) is 23.6 Å². The molecule has 0 N–H and O–H groups in total. The van der Waals surface area contributed by atoms with Gasteiger partial charge < -0.3 is 0 Å². The molecule has 1 fully saturated rings. The van der Waals surface area contributed by atoms with Crippen molar-refractivity contribution in [2.24, 2.45) is 0 Å². The predicted molar refractivity (Wildman–Crippen MR) is 91.5 cm³/mol. The maximum absolute atomic E-state index is 12.1. The van der Waals surface area contributed by atoms with E-state index in [1.54, 1.807) is 0 Å². The number of carbonyl (C=O) groups excluding carboxylic acids is 1. The largest absolute Gasteiger partial charge is 0.297 e. The fraction of sp³-hybridized carbons (Fsp3) is 0.389. The fourth-order valence-corrected chi connectivity index (χ4v) is 3.55. The Morgan fingerprint density at radius 3 is 2.55 bits per heavy atom. The first-order chi connectivity index (χ1) is 10.7. The molecule has 116 valence electrons. The highest BCUT2D eigenvalue weighted by Crippen LogP contribution is 2.13. The second-order valence-corrected chi connectivity index (χ2v) is 6.89. The molecule has 0 aliphatic carbocycles. The lowest BCUT2D eigenvalue weighted by Gasteiger charge is -2.34. The molecule has 1 aromatic carbocycles. The fourth-order valence-electron chi connectivity index (χ4n) is 2.89. The highest BCUT2D eigenvalue weighted by atomic mass is 32.1. The maximum atomic E-state index is 12.1. The van der Waals surface area contributed by atoms with Crippen molar-refractivity contribution in [2.75, 3.05) is 32.7 Å². The lowest BCUT2D eigenvalue weighted by molar-refractivity contribution is 0.0847. The van der Waals surface area contributed by atoms with Crippen LogP contribution in [0.25, 0.3) is 0 Å². The summed E-state index contributed by atoms with van der Waals surface area (Å²) >= 11 is 1.54. The van der Waals surface area contributed by atoms with E-state index in [9.17, 15) is 4.79 Å². The van der Waals surface area contributed by atoms with Crippen LogP contribution in [0.15, 0.2) is 41.8 Å². The first-order valence-electron chi connectivity index (χ1n) is 7.78. The number of Topliss-reactive ketones (excluding diaryl/α,β-unsaturated/α-hetero) is 1. The van der Waals surface area contributed by atoms with E-state index < -0.39 is 0 Å². The summed E-state index contributed by atoms with van der Waals surface area (Å²) in [5.41, 5.74) is 2.70. The number of benzene rings is 1. The SMILES string of the molecule is Cc1cccc(CN2CCN(CC(=O)c3cccs3)CC2)c1. The maximum Gasteiger partial charge on any atom is 0.186 e. The number of rotatable bonds is 5. The van der Waals surface area contributed by atoms with Crippen LogP contribution in [0, 0.1) is 6.92 Å². The third-order valence-electron chi connectivity index (χ3n) is 4.12. The van der Waals surface area contributed by atoms with Gasteiger partial charge in [0, 0.05) is 32.7 Å². The molecule has 3 rings (SSSR count). The summed E-state index contributed by atoms with van der Waals surface area (Å²) in [6.45, 7) is 7.72. The summed E-state index contributed by atoms with van der Waals surface area (Å²) in [5, 5.41) is 1.97. The first-order valence-corrected chi connectivity index (χ1v) is 8.65. The Morgan fingerprint density at radius 2 is 1.86 bits per heavy atom. The number of piperazine rings is 1. The third-order valence-corrected chi connectivity index (χ3v) is 5.03. The van der Waals surface area contributed by atoms with Gasteiger partial charge in [-0.1, -0.05) is 35.9 Å². The Morgan fingerprint density at radius 1 is 1.09 bits per heavy atom. The average molecular weight is 314 g/mol. The van der Waals surface area contributed by atoms with Gasteiger partial charge in [-0.2, -0.15) is 0 Å². The van der Waals surface area contributed by atoms with Crippen molar-refractivity contribution in [3.63, 3.8) is 0 Å². The van der Waals surface area contributed by atoms with E-state index in [0.29, 0.717) is 6.54 Å². The van der Waals surface area contributed by atoms with Crippen LogP contribution in [-0.4, -0.2) is 48.3 Å². The number of aryl methyl sites for hydroxylation is 1. The molecule has 1 aliphatic rings. The van der Waals surface area contributed by atoms with Gasteiger partial charge in [0.2, 0.25) is 0 Å². The Balaban J connectivity index is 1.47. The second-order valence-electron chi connectivity index (χ2n) is 5.94. The van der Waals surface area contributed by atoms with Crippen LogP contribution < -0.4 is 0 Å². The molecule has 0 atom stereocenters. The molecule has 22 heavy (non-hydrogen) atoms. The number of thiophene rings is 1. The Bertz CT molecular complexity index is 616. The van der Waals surface area contributed by atoms with Gasteiger partial charge in [-0.25, -0.2) is 0 Å². The molecule has 2 heterocycles. The smallest absolute Gasteiger partial charge is 0.186 e. The van der Waals surface area contributed by atoms with Crippen molar-refractivity contribution in [3.8, 4) is 0 Å². The van der Waals surface area contributed by atoms with Gasteiger partial charge in [0.15, 0.2) is 5.78 Å². The molecule has 1 saturated heterocycles. The van der Waals surface area contributed by atoms with Crippen molar-refractivity contribution in [1.82, 2.24) is 9.80 Å². The van der Waals surface area contributed by atoms with E-state index in [4.69, 9.17) is 0 Å². The van der Waals surface area contributed by atoms with Gasteiger partial charge in [0.25, 0.3) is 0 Å². The van der Waals surface area contributed by atoms with Crippen LogP contribution in [0.5, 0.6) is 0 Å². The Labute approximate surface area is 136 Å². The van der Waals surface area contributed by atoms with Crippen LogP contribution in [0.1, 0.15) is 20.8 Å². The summed E-state index contributed by atoms with van der Waals surface area (Å²) in [7, 11) is 0. The van der Waals surface area contributed by atoms with Gasteiger partial charge >= 0.3 is 0 Å². The zero-order valence-corrected chi connectivity index (χ0v) is 13.8. The third kappa shape index (κ3) is 4.03. The highest BCUT2D eigenvalue weighted by Gasteiger charge is 2.19. The normalized spacial score (nSPS) is 16.8. The summed E-state index contributed by atoms with van der Waals surface area (Å²) < 4.78 is 0. The molecule has 4 heteroatoms. The van der Waals surface area contributed by atoms with Crippen molar-refractivity contribution in [1.29, 1.82) is 0 Å². The van der Waals surface area contributed by atoms with E-state index in [1.165, 1.54) is 22.5 Å². The molecule has 0 unspecified atom stereocenters. The number of hydrogen-bond acceptors (Lipinski definition) is 4. The molecule has 3 nitrogen and oxygen atoms in total. The number of nitrogens with zero attached hydrogens (tertiary/aromatic N) is 2. The summed E-state index contributed by atoms with van der Waals surface area (Å²) in [4.78, 5) is 17.8. The molecular formula is C18H22N2OS. The van der Waals surface area contributed by atoms with Crippen molar-refractivity contribution in [3.05, 3.63) is 57.8 Å². The van der Waals surface area contributed by atoms with Crippen molar-refractivity contribution < 1.29 is 4.79 Å². The minimum absolute atomic E-state index is 0.252. The van der Waals surface area contributed by atoms with Gasteiger partial charge in [-0.3, -0.25) is 14.6 Å². The van der Waals surface area contributed by atoms with Crippen molar-refractivity contribution in [2.45, 2.75) is 13.5 Å². The lowest BCUT2D eigenvalue weighted by atomic mass is 10.1. The molecule has 0 spiro atoms. The van der Waals surface area contributed by atoms with Crippen molar-refractivity contribution >= 4 is 17.1 Å². The van der Waals surface area contributed by atoms with E-state index in [2.05, 4.69) is 41.0 Å². The summed E-state index contributed by atoms with van der Waals surface area (Å²) in [6, 6.07) is 12.6. The highest BCUT2D eigenvalue weighted by molar-refractivity contribution is 7.12. The molecule has 0 radical (unpaired) electrons. The Kier molecular flexibility index (Phi) is 5.03. The van der Waals surface area contributed by atoms with Crippen LogP contribution in [0.3, 0.4) is 0 Å². The lowest BCUT2D eigenvalue weighted by Crippen LogP contribution is -2.47. The summed E-state index contributed by atoms with van der Waals surface area (Å²) in [5.74, 6) is 0.252. The van der Waals surface area contributed by atoms with Gasteiger partial charge in [-0.05, 0) is 23.9 Å². The molecular weight excluding hydrogens is 292 g/mol. The quantitative estimate of drug-likeness (QED) is 0.793. The second kappa shape index (κ2) is 7.18. The zero-order valence-electron chi connectivity index (χ0n) is 13.0. The average Bonchev–Trinajstić information content (AvgIpc) is 3.04. The standard InChI is InChI=1S/C18H22N2OS/c1-15-4-2-5-16(12-15)13-19-7-9-20(10-8-19)14-17(21)18-6-3-11-22-18/h2-6,11-12H,7-10,13-14H2,1H3. The molecule has 1 aliphatic heterocycles. The van der Waals surface area contributed by atoms with Gasteiger partial charge in [-0.15, -0.1) is 11.3 Å². The number of ketones is 1. The molecule has 0 amide bonds. The van der Waals surface area contributed by atoms with Crippen LogP contribution in [0.4, 0.5) is 0 Å². The van der Waals surface area contributed by atoms with Crippen LogP contribution >= 0.6 is 11.3 Å². The minimum Gasteiger partial charge on any atom is -0.297 e. The van der Waals surface area contributed by atoms with Gasteiger partial charge in [0.1, 0.15) is 0 Å². The van der Waals surface area contributed by atoms with E-state index in [0.717, 1.165) is 37.6 Å². The van der Waals surface area contributed by atoms with Gasteiger partial charge in [0.05, 0.1) is 11.4 Å². The van der Waals surface area contributed by atoms with E-state index in [-0.39, 0.29) is 5.78 Å². The molecule has 1 aromatic heterocycles. The Hall–Kier alpha value is -1.49. The number of carbonyl (C=O) groups is 1. The van der Waals surface area contributed by atoms with E-state index >= 15 is 0 Å². The van der Waals surface area contributed by atoms with Crippen LogP contribution in [0.2, 0.25) is 0 Å². The monoisotopic (exact) mass is 314 g/mol. The van der Waals surface area contributed by atoms with E-state index in [1.807, 2.05) is 17.5 Å². The number of hydrogen-bond donors (Lipinski definition) is 0. The zero-order chi connectivity index (χ0) is 15.4. The van der Waals surface area contributed by atoms with Crippen LogP contribution in [-0.2, 0) is 6.54 Å². The molecule has 0 saturated carbocycles. The molecule has 0 bridgehead atoms. The minimum atomic E-state index is 0.252. The first kappa shape index (κ1) is 15.4.